The normalized spacial score (nSPS) is 11.4. The number of carbonyl (C=O) groups excluding carboxylic acids is 2. The Hall–Kier alpha value is -3.11. The molecule has 0 aliphatic heterocycles. The number of hydrogen-bond acceptors (Lipinski definition) is 5. The molecule has 0 radical (unpaired) electrons. The summed E-state index contributed by atoms with van der Waals surface area (Å²) < 4.78 is 32.5. The highest BCUT2D eigenvalue weighted by Gasteiger charge is 2.26. The molecule has 0 atom stereocenters. The van der Waals surface area contributed by atoms with Crippen molar-refractivity contribution < 1.29 is 22.7 Å². The highest BCUT2D eigenvalue weighted by Crippen LogP contribution is 2.28. The number of carbonyl (C=O) groups is 2. The number of urea groups is 1. The molecule has 2 rings (SSSR count). The Bertz CT molecular complexity index is 1060. The van der Waals surface area contributed by atoms with Crippen molar-refractivity contribution in [2.45, 2.75) is 45.2 Å². The maximum atomic E-state index is 13.0. The van der Waals surface area contributed by atoms with Crippen LogP contribution >= 0.6 is 0 Å². The number of sulfonamides is 1. The Balaban J connectivity index is 2.11. The van der Waals surface area contributed by atoms with E-state index >= 15 is 0 Å². The molecular weight excluding hydrogens is 444 g/mol. The van der Waals surface area contributed by atoms with Gasteiger partial charge in [-0.2, -0.15) is 4.31 Å². The van der Waals surface area contributed by atoms with Crippen molar-refractivity contribution in [1.82, 2.24) is 14.9 Å². The predicted molar refractivity (Wildman–Crippen MR) is 128 cm³/mol. The zero-order valence-electron chi connectivity index (χ0n) is 19.6. The number of nitrogens with one attached hydrogen (secondary N) is 3. The number of hydrogen-bond donors (Lipinski definition) is 3. The van der Waals surface area contributed by atoms with E-state index in [9.17, 15) is 18.0 Å². The molecule has 0 aliphatic rings. The van der Waals surface area contributed by atoms with Crippen LogP contribution in [0, 0.1) is 0 Å². The van der Waals surface area contributed by atoms with Gasteiger partial charge in [-0.1, -0.05) is 26.0 Å². The fourth-order valence-electron chi connectivity index (χ4n) is 3.14. The zero-order chi connectivity index (χ0) is 24.6. The summed E-state index contributed by atoms with van der Waals surface area (Å²) in [5.41, 5.74) is 1.66. The number of benzene rings is 2. The second kappa shape index (κ2) is 11.7. The molecule has 0 saturated heterocycles. The van der Waals surface area contributed by atoms with Gasteiger partial charge in [0.1, 0.15) is 10.6 Å². The minimum atomic E-state index is -3.80. The molecule has 0 unspecified atom stereocenters. The van der Waals surface area contributed by atoms with E-state index in [2.05, 4.69) is 16.0 Å². The van der Waals surface area contributed by atoms with Crippen molar-refractivity contribution in [2.75, 3.05) is 25.5 Å². The van der Waals surface area contributed by atoms with Crippen molar-refractivity contribution >= 4 is 27.6 Å². The standard InChI is InChI=1S/C23H32N4O5S/c1-6-27(7-2)33(30,31)21-14-18(10-13-20(21)32-5)22(28)24-15-17-8-11-19(12-9-17)26-23(29)25-16(3)4/h8-14,16H,6-7,15H2,1-5H3,(H,24,28)(H2,25,26,29). The highest BCUT2D eigenvalue weighted by atomic mass is 32.2. The molecule has 180 valence electrons. The van der Waals surface area contributed by atoms with Crippen LogP contribution in [0.3, 0.4) is 0 Å². The molecule has 0 fully saturated rings. The molecule has 3 amide bonds. The molecule has 0 saturated carbocycles. The topological polar surface area (TPSA) is 117 Å². The van der Waals surface area contributed by atoms with Gasteiger partial charge in [0.05, 0.1) is 7.11 Å². The van der Waals surface area contributed by atoms with E-state index < -0.39 is 15.9 Å². The summed E-state index contributed by atoms with van der Waals surface area (Å²) in [6.07, 6.45) is 0. The van der Waals surface area contributed by atoms with Crippen LogP contribution in [0.2, 0.25) is 0 Å². The maximum absolute atomic E-state index is 13.0. The van der Waals surface area contributed by atoms with Crippen LogP contribution in [0.5, 0.6) is 5.75 Å². The first kappa shape index (κ1) is 26.1. The van der Waals surface area contributed by atoms with Gasteiger partial charge in [-0.3, -0.25) is 4.79 Å². The Kier molecular flexibility index (Phi) is 9.24. The van der Waals surface area contributed by atoms with Gasteiger partial charge in [-0.15, -0.1) is 0 Å². The van der Waals surface area contributed by atoms with Gasteiger partial charge in [0.2, 0.25) is 10.0 Å². The van der Waals surface area contributed by atoms with Crippen LogP contribution in [0.1, 0.15) is 43.6 Å². The number of ether oxygens (including phenoxy) is 1. The minimum Gasteiger partial charge on any atom is -0.495 e. The largest absolute Gasteiger partial charge is 0.495 e. The number of amides is 3. The third-order valence-corrected chi connectivity index (χ3v) is 6.90. The van der Waals surface area contributed by atoms with E-state index in [0.29, 0.717) is 18.8 Å². The molecule has 10 heteroatoms. The molecular formula is C23H32N4O5S. The first-order valence-corrected chi connectivity index (χ1v) is 12.2. The summed E-state index contributed by atoms with van der Waals surface area (Å²) in [6, 6.07) is 11.1. The number of methoxy groups -OCH3 is 1. The molecule has 0 heterocycles. The second-order valence-corrected chi connectivity index (χ2v) is 9.49. The number of nitrogens with zero attached hydrogens (tertiary/aromatic N) is 1. The molecule has 0 aromatic heterocycles. The molecule has 2 aromatic rings. The van der Waals surface area contributed by atoms with Crippen LogP contribution in [0.25, 0.3) is 0 Å². The monoisotopic (exact) mass is 476 g/mol. The Morgan fingerprint density at radius 2 is 1.67 bits per heavy atom. The summed E-state index contributed by atoms with van der Waals surface area (Å²) in [7, 11) is -2.41. The smallest absolute Gasteiger partial charge is 0.319 e. The number of anilines is 1. The lowest BCUT2D eigenvalue weighted by atomic mass is 10.1. The van der Waals surface area contributed by atoms with Gasteiger partial charge >= 0.3 is 6.03 Å². The molecule has 0 aliphatic carbocycles. The third-order valence-electron chi connectivity index (χ3n) is 4.83. The fourth-order valence-corrected chi connectivity index (χ4v) is 4.78. The maximum Gasteiger partial charge on any atom is 0.319 e. The summed E-state index contributed by atoms with van der Waals surface area (Å²) >= 11 is 0. The van der Waals surface area contributed by atoms with Gasteiger partial charge in [0.25, 0.3) is 5.91 Å². The molecule has 3 N–H and O–H groups in total. The summed E-state index contributed by atoms with van der Waals surface area (Å²) in [6.45, 7) is 8.10. The van der Waals surface area contributed by atoms with E-state index in [1.54, 1.807) is 38.1 Å². The highest BCUT2D eigenvalue weighted by molar-refractivity contribution is 7.89. The van der Waals surface area contributed by atoms with E-state index in [-0.39, 0.29) is 34.8 Å². The first-order chi connectivity index (χ1) is 15.6. The molecule has 33 heavy (non-hydrogen) atoms. The van der Waals surface area contributed by atoms with E-state index in [1.807, 2.05) is 13.8 Å². The number of rotatable bonds is 10. The van der Waals surface area contributed by atoms with Gasteiger partial charge in [-0.05, 0) is 49.7 Å². The van der Waals surface area contributed by atoms with Crippen molar-refractivity contribution in [3.05, 3.63) is 53.6 Å². The SMILES string of the molecule is CCN(CC)S(=O)(=O)c1cc(C(=O)NCc2ccc(NC(=O)NC(C)C)cc2)ccc1OC. The predicted octanol–water partition coefficient (Wildman–Crippen LogP) is 3.19. The minimum absolute atomic E-state index is 0.0277. The summed E-state index contributed by atoms with van der Waals surface area (Å²) in [5, 5.41) is 8.26. The van der Waals surface area contributed by atoms with Crippen molar-refractivity contribution in [1.29, 1.82) is 0 Å². The van der Waals surface area contributed by atoms with Crippen LogP contribution in [0.15, 0.2) is 47.4 Å². The van der Waals surface area contributed by atoms with Crippen molar-refractivity contribution in [3.8, 4) is 5.75 Å². The Labute approximate surface area is 195 Å². The lowest BCUT2D eigenvalue weighted by molar-refractivity contribution is 0.0950. The van der Waals surface area contributed by atoms with E-state index in [0.717, 1.165) is 5.56 Å². The Morgan fingerprint density at radius 1 is 1.03 bits per heavy atom. The Morgan fingerprint density at radius 3 is 2.21 bits per heavy atom. The van der Waals surface area contributed by atoms with E-state index in [1.165, 1.54) is 29.6 Å². The van der Waals surface area contributed by atoms with Gasteiger partial charge in [0, 0.05) is 36.9 Å². The van der Waals surface area contributed by atoms with Gasteiger partial charge in [0.15, 0.2) is 0 Å². The molecule has 9 nitrogen and oxygen atoms in total. The van der Waals surface area contributed by atoms with Crippen molar-refractivity contribution in [2.24, 2.45) is 0 Å². The van der Waals surface area contributed by atoms with Crippen LogP contribution < -0.4 is 20.7 Å². The second-order valence-electron chi connectivity index (χ2n) is 7.59. The lowest BCUT2D eigenvalue weighted by Gasteiger charge is -2.20. The first-order valence-electron chi connectivity index (χ1n) is 10.7. The molecule has 2 aromatic carbocycles. The van der Waals surface area contributed by atoms with Crippen molar-refractivity contribution in [3.63, 3.8) is 0 Å². The van der Waals surface area contributed by atoms with Crippen LogP contribution in [-0.4, -0.2) is 50.9 Å². The third kappa shape index (κ3) is 6.93. The molecule has 0 bridgehead atoms. The zero-order valence-corrected chi connectivity index (χ0v) is 20.5. The summed E-state index contributed by atoms with van der Waals surface area (Å²) in [5.74, 6) is -0.227. The van der Waals surface area contributed by atoms with Gasteiger partial charge < -0.3 is 20.7 Å². The fraction of sp³-hybridized carbons (Fsp3) is 0.391. The average molecular weight is 477 g/mol. The lowest BCUT2D eigenvalue weighted by Crippen LogP contribution is -2.34. The van der Waals surface area contributed by atoms with Crippen LogP contribution in [0.4, 0.5) is 10.5 Å². The average Bonchev–Trinajstić information content (AvgIpc) is 2.78. The van der Waals surface area contributed by atoms with Crippen LogP contribution in [-0.2, 0) is 16.6 Å². The van der Waals surface area contributed by atoms with Gasteiger partial charge in [-0.25, -0.2) is 13.2 Å². The summed E-state index contributed by atoms with van der Waals surface area (Å²) in [4.78, 5) is 24.4. The quantitative estimate of drug-likeness (QED) is 0.487. The molecule has 0 spiro atoms. The van der Waals surface area contributed by atoms with E-state index in [4.69, 9.17) is 4.74 Å².